The second kappa shape index (κ2) is 4.12. The first-order chi connectivity index (χ1) is 5.84. The molecule has 1 N–H and O–H groups in total. The Morgan fingerprint density at radius 3 is 2.58 bits per heavy atom. The van der Waals surface area contributed by atoms with E-state index >= 15 is 0 Å². The monoisotopic (exact) mass is 165 g/mol. The second-order valence-corrected chi connectivity index (χ2v) is 2.01. The number of rotatable bonds is 3. The molecule has 4 nitrogen and oxygen atoms in total. The Kier molecular flexibility index (Phi) is 2.84. The van der Waals surface area contributed by atoms with Gasteiger partial charge < -0.3 is 4.84 Å². The molecule has 62 valence electrons. The molecule has 1 amide bonds. The first-order valence-electron chi connectivity index (χ1n) is 3.29. The van der Waals surface area contributed by atoms with Crippen molar-refractivity contribution in [2.45, 2.75) is 0 Å². The van der Waals surface area contributed by atoms with Gasteiger partial charge in [0, 0.05) is 5.56 Å². The van der Waals surface area contributed by atoms with Crippen LogP contribution in [0, 0.1) is 0 Å². The quantitative estimate of drug-likeness (QED) is 0.524. The van der Waals surface area contributed by atoms with Crippen LogP contribution < -0.4 is 5.48 Å². The normalized spacial score (nSPS) is 8.67. The second-order valence-electron chi connectivity index (χ2n) is 2.01. The largest absolute Gasteiger partial charge is 0.344 e. The molecule has 0 heterocycles. The molecule has 0 radical (unpaired) electrons. The molecular weight excluding hydrogens is 158 g/mol. The van der Waals surface area contributed by atoms with Gasteiger partial charge in [0.2, 0.25) is 0 Å². The van der Waals surface area contributed by atoms with Crippen molar-refractivity contribution >= 4 is 12.4 Å². The van der Waals surface area contributed by atoms with Crippen LogP contribution in [0.2, 0.25) is 0 Å². The van der Waals surface area contributed by atoms with Gasteiger partial charge in [-0.2, -0.15) is 5.48 Å². The van der Waals surface area contributed by atoms with Gasteiger partial charge >= 0.3 is 6.47 Å². The zero-order valence-electron chi connectivity index (χ0n) is 6.19. The van der Waals surface area contributed by atoms with Crippen LogP contribution in [0.3, 0.4) is 0 Å². The molecule has 0 spiro atoms. The zero-order valence-corrected chi connectivity index (χ0v) is 6.19. The van der Waals surface area contributed by atoms with Crippen molar-refractivity contribution in [3.63, 3.8) is 0 Å². The minimum absolute atomic E-state index is 0.154. The molecule has 0 unspecified atom stereocenters. The van der Waals surface area contributed by atoms with E-state index in [1.807, 2.05) is 5.48 Å². The van der Waals surface area contributed by atoms with Gasteiger partial charge in [0.05, 0.1) is 0 Å². The third-order valence-corrected chi connectivity index (χ3v) is 1.24. The van der Waals surface area contributed by atoms with E-state index in [-0.39, 0.29) is 6.47 Å². The third-order valence-electron chi connectivity index (χ3n) is 1.24. The molecule has 4 heteroatoms. The summed E-state index contributed by atoms with van der Waals surface area (Å²) in [5.74, 6) is -0.442. The van der Waals surface area contributed by atoms with Crippen molar-refractivity contribution < 1.29 is 14.4 Å². The maximum atomic E-state index is 11.0. The Morgan fingerprint density at radius 2 is 2.00 bits per heavy atom. The summed E-state index contributed by atoms with van der Waals surface area (Å²) in [6, 6.07) is 8.45. The van der Waals surface area contributed by atoms with E-state index in [1.54, 1.807) is 30.3 Å². The number of carbonyl (C=O) groups excluding carboxylic acids is 2. The Hall–Kier alpha value is -1.84. The summed E-state index contributed by atoms with van der Waals surface area (Å²) in [5, 5.41) is 0. The lowest BCUT2D eigenvalue weighted by Gasteiger charge is -1.99. The van der Waals surface area contributed by atoms with E-state index in [2.05, 4.69) is 4.84 Å². The third kappa shape index (κ3) is 2.09. The lowest BCUT2D eigenvalue weighted by Crippen LogP contribution is -2.22. The predicted octanol–water partition coefficient (Wildman–Crippen LogP) is 0.504. The highest BCUT2D eigenvalue weighted by molar-refractivity contribution is 5.93. The lowest BCUT2D eigenvalue weighted by molar-refractivity contribution is -0.133. The first-order valence-corrected chi connectivity index (χ1v) is 3.29. The van der Waals surface area contributed by atoms with Gasteiger partial charge in [0.1, 0.15) is 0 Å². The molecule has 0 aliphatic heterocycles. The number of nitrogens with one attached hydrogen (secondary N) is 1. The van der Waals surface area contributed by atoms with Gasteiger partial charge in [0.25, 0.3) is 5.91 Å². The van der Waals surface area contributed by atoms with Crippen LogP contribution in [0.1, 0.15) is 10.4 Å². The summed E-state index contributed by atoms with van der Waals surface area (Å²) < 4.78 is 0. The van der Waals surface area contributed by atoms with E-state index in [0.29, 0.717) is 5.56 Å². The zero-order chi connectivity index (χ0) is 8.81. The molecule has 0 bridgehead atoms. The maximum Gasteiger partial charge on any atom is 0.320 e. The molecule has 12 heavy (non-hydrogen) atoms. The molecule has 0 aliphatic carbocycles. The highest BCUT2D eigenvalue weighted by Crippen LogP contribution is 1.96. The fourth-order valence-corrected chi connectivity index (χ4v) is 0.726. The van der Waals surface area contributed by atoms with Crippen LogP contribution in [-0.2, 0) is 9.63 Å². The number of hydroxylamine groups is 1. The average Bonchev–Trinajstić information content (AvgIpc) is 2.15. The van der Waals surface area contributed by atoms with Crippen LogP contribution in [0.15, 0.2) is 30.3 Å². The minimum Gasteiger partial charge on any atom is -0.344 e. The number of hydrogen-bond donors (Lipinski definition) is 1. The van der Waals surface area contributed by atoms with E-state index in [4.69, 9.17) is 0 Å². The van der Waals surface area contributed by atoms with E-state index in [1.165, 1.54) is 0 Å². The van der Waals surface area contributed by atoms with Crippen LogP contribution in [0.25, 0.3) is 0 Å². The smallest absolute Gasteiger partial charge is 0.320 e. The van der Waals surface area contributed by atoms with Crippen molar-refractivity contribution in [1.29, 1.82) is 0 Å². The topological polar surface area (TPSA) is 55.4 Å². The molecule has 1 aromatic carbocycles. The SMILES string of the molecule is O=CONC(=O)c1ccccc1. The van der Waals surface area contributed by atoms with Crippen molar-refractivity contribution in [3.8, 4) is 0 Å². The van der Waals surface area contributed by atoms with Gasteiger partial charge in [-0.15, -0.1) is 0 Å². The van der Waals surface area contributed by atoms with E-state index in [0.717, 1.165) is 0 Å². The van der Waals surface area contributed by atoms with Crippen LogP contribution >= 0.6 is 0 Å². The highest BCUT2D eigenvalue weighted by Gasteiger charge is 2.02. The molecule has 0 aromatic heterocycles. The molecule has 1 aromatic rings. The van der Waals surface area contributed by atoms with Crippen LogP contribution in [0.5, 0.6) is 0 Å². The van der Waals surface area contributed by atoms with Gasteiger partial charge in [-0.3, -0.25) is 9.59 Å². The summed E-state index contributed by atoms with van der Waals surface area (Å²) in [4.78, 5) is 24.8. The summed E-state index contributed by atoms with van der Waals surface area (Å²) in [5.41, 5.74) is 2.39. The standard InChI is InChI=1S/C8H7NO3/c10-6-12-9-8(11)7-4-2-1-3-5-7/h1-6H,(H,9,11). The van der Waals surface area contributed by atoms with E-state index < -0.39 is 5.91 Å². The van der Waals surface area contributed by atoms with E-state index in [9.17, 15) is 9.59 Å². The minimum atomic E-state index is -0.442. The lowest BCUT2D eigenvalue weighted by atomic mass is 10.2. The van der Waals surface area contributed by atoms with Crippen LogP contribution in [0.4, 0.5) is 0 Å². The predicted molar refractivity (Wildman–Crippen MR) is 41.1 cm³/mol. The number of hydrogen-bond acceptors (Lipinski definition) is 3. The molecule has 0 aliphatic rings. The molecular formula is C8H7NO3. The molecule has 0 saturated heterocycles. The molecule has 0 fully saturated rings. The van der Waals surface area contributed by atoms with Crippen molar-refractivity contribution in [3.05, 3.63) is 35.9 Å². The number of carbonyl (C=O) groups is 2. The van der Waals surface area contributed by atoms with Crippen molar-refractivity contribution in [2.75, 3.05) is 0 Å². The molecule has 0 atom stereocenters. The summed E-state index contributed by atoms with van der Waals surface area (Å²) in [6.07, 6.45) is 0. The van der Waals surface area contributed by atoms with Crippen molar-refractivity contribution in [2.24, 2.45) is 0 Å². The van der Waals surface area contributed by atoms with Gasteiger partial charge in [-0.25, -0.2) is 0 Å². The number of benzene rings is 1. The van der Waals surface area contributed by atoms with Gasteiger partial charge in [0.15, 0.2) is 0 Å². The Balaban J connectivity index is 2.59. The van der Waals surface area contributed by atoms with Crippen LogP contribution in [-0.4, -0.2) is 12.4 Å². The van der Waals surface area contributed by atoms with Crippen molar-refractivity contribution in [1.82, 2.24) is 5.48 Å². The first kappa shape index (κ1) is 8.26. The summed E-state index contributed by atoms with van der Waals surface area (Å²) >= 11 is 0. The Bertz CT molecular complexity index is 271. The van der Waals surface area contributed by atoms with Gasteiger partial charge in [-0.05, 0) is 12.1 Å². The maximum absolute atomic E-state index is 11.0. The van der Waals surface area contributed by atoms with Gasteiger partial charge in [-0.1, -0.05) is 18.2 Å². The highest BCUT2D eigenvalue weighted by atomic mass is 16.7. The fraction of sp³-hybridized carbons (Fsp3) is 0. The molecule has 1 rings (SSSR count). The fourth-order valence-electron chi connectivity index (χ4n) is 0.726. The summed E-state index contributed by atoms with van der Waals surface area (Å²) in [6.45, 7) is 0.154. The Morgan fingerprint density at radius 1 is 1.33 bits per heavy atom. The molecule has 0 saturated carbocycles. The Labute approximate surface area is 69.1 Å². The summed E-state index contributed by atoms with van der Waals surface area (Å²) in [7, 11) is 0. The average molecular weight is 165 g/mol. The number of amides is 1.